The highest BCUT2D eigenvalue weighted by Gasteiger charge is 2.24. The normalized spacial score (nSPS) is 22.2. The quantitative estimate of drug-likeness (QED) is 0.839. The summed E-state index contributed by atoms with van der Waals surface area (Å²) in [6.07, 6.45) is 1.36. The maximum absolute atomic E-state index is 10.2. The van der Waals surface area contributed by atoms with Gasteiger partial charge in [-0.05, 0) is 55.3 Å². The topological polar surface area (TPSA) is 52.9 Å². The first-order valence-electron chi connectivity index (χ1n) is 9.07. The van der Waals surface area contributed by atoms with Gasteiger partial charge in [0.2, 0.25) is 0 Å². The zero-order valence-electron chi connectivity index (χ0n) is 15.5. The number of likely N-dealkylation sites (tertiary alicyclic amines) is 1. The molecule has 0 amide bonds. The highest BCUT2D eigenvalue weighted by atomic mass is 16.5. The Morgan fingerprint density at radius 1 is 1.21 bits per heavy atom. The van der Waals surface area contributed by atoms with Crippen LogP contribution in [0.15, 0.2) is 24.3 Å². The fraction of sp³-hybridized carbons (Fsp3) is 0.700. The van der Waals surface area contributed by atoms with Gasteiger partial charge in [0.05, 0.1) is 6.10 Å². The molecule has 1 aromatic carbocycles. The van der Waals surface area contributed by atoms with Gasteiger partial charge < -0.3 is 19.8 Å². The summed E-state index contributed by atoms with van der Waals surface area (Å²) in [7, 11) is 0. The van der Waals surface area contributed by atoms with E-state index in [4.69, 9.17) is 4.74 Å². The molecule has 0 spiro atoms. The van der Waals surface area contributed by atoms with E-state index in [9.17, 15) is 10.2 Å². The SMILES string of the molecule is CC(O)C1CCCN(CC(O)COc2ccc(C(C)(C)C)cc2)C1. The highest BCUT2D eigenvalue weighted by Crippen LogP contribution is 2.24. The molecular formula is C20H33NO3. The predicted molar refractivity (Wildman–Crippen MR) is 97.5 cm³/mol. The number of rotatable bonds is 6. The first kappa shape index (κ1) is 19.2. The third-order valence-electron chi connectivity index (χ3n) is 4.86. The molecule has 4 nitrogen and oxygen atoms in total. The number of β-amino-alcohol motifs (C(OH)–C–C–N with tert-alkyl or cyclic N) is 1. The van der Waals surface area contributed by atoms with E-state index in [1.54, 1.807) is 0 Å². The first-order chi connectivity index (χ1) is 11.3. The molecule has 0 radical (unpaired) electrons. The average molecular weight is 335 g/mol. The lowest BCUT2D eigenvalue weighted by Gasteiger charge is -2.35. The zero-order valence-corrected chi connectivity index (χ0v) is 15.5. The lowest BCUT2D eigenvalue weighted by molar-refractivity contribution is 0.0244. The Morgan fingerprint density at radius 2 is 1.88 bits per heavy atom. The Bertz CT molecular complexity index is 493. The van der Waals surface area contributed by atoms with Crippen molar-refractivity contribution in [3.05, 3.63) is 29.8 Å². The third-order valence-corrected chi connectivity index (χ3v) is 4.86. The number of hydrogen-bond acceptors (Lipinski definition) is 4. The van der Waals surface area contributed by atoms with Crippen LogP contribution in [0.4, 0.5) is 0 Å². The standard InChI is InChI=1S/C20H33NO3/c1-15(22)16-6-5-11-21(12-16)13-18(23)14-24-19-9-7-17(8-10-19)20(2,3)4/h7-10,15-16,18,22-23H,5-6,11-14H2,1-4H3. The lowest BCUT2D eigenvalue weighted by atomic mass is 9.87. The zero-order chi connectivity index (χ0) is 17.7. The molecule has 1 aromatic rings. The van der Waals surface area contributed by atoms with Gasteiger partial charge in [-0.2, -0.15) is 0 Å². The van der Waals surface area contributed by atoms with E-state index in [0.29, 0.717) is 19.1 Å². The second-order valence-corrected chi connectivity index (χ2v) is 8.14. The van der Waals surface area contributed by atoms with Crippen molar-refractivity contribution in [2.45, 2.75) is 58.2 Å². The summed E-state index contributed by atoms with van der Waals surface area (Å²) in [5.41, 5.74) is 1.40. The van der Waals surface area contributed by atoms with Crippen LogP contribution in [0.5, 0.6) is 5.75 Å². The van der Waals surface area contributed by atoms with Gasteiger partial charge in [-0.15, -0.1) is 0 Å². The monoisotopic (exact) mass is 335 g/mol. The van der Waals surface area contributed by atoms with E-state index in [1.807, 2.05) is 19.1 Å². The van der Waals surface area contributed by atoms with Crippen LogP contribution in [0.3, 0.4) is 0 Å². The van der Waals surface area contributed by atoms with E-state index in [-0.39, 0.29) is 11.5 Å². The van der Waals surface area contributed by atoms with Crippen molar-refractivity contribution in [1.82, 2.24) is 4.90 Å². The molecule has 1 fully saturated rings. The lowest BCUT2D eigenvalue weighted by Crippen LogP contribution is -2.44. The Morgan fingerprint density at radius 3 is 2.46 bits per heavy atom. The molecule has 2 rings (SSSR count). The minimum atomic E-state index is -0.514. The maximum Gasteiger partial charge on any atom is 0.119 e. The number of nitrogens with zero attached hydrogens (tertiary/aromatic N) is 1. The van der Waals surface area contributed by atoms with E-state index >= 15 is 0 Å². The smallest absolute Gasteiger partial charge is 0.119 e. The molecule has 24 heavy (non-hydrogen) atoms. The molecule has 3 atom stereocenters. The average Bonchev–Trinajstić information content (AvgIpc) is 2.53. The van der Waals surface area contributed by atoms with Gasteiger partial charge in [0, 0.05) is 13.1 Å². The summed E-state index contributed by atoms with van der Waals surface area (Å²) in [6.45, 7) is 11.2. The summed E-state index contributed by atoms with van der Waals surface area (Å²) in [5, 5.41) is 20.0. The van der Waals surface area contributed by atoms with Gasteiger partial charge in [-0.25, -0.2) is 0 Å². The van der Waals surface area contributed by atoms with Crippen LogP contribution < -0.4 is 4.74 Å². The third kappa shape index (κ3) is 5.76. The van der Waals surface area contributed by atoms with Crippen LogP contribution in [-0.4, -0.2) is 53.6 Å². The van der Waals surface area contributed by atoms with Crippen molar-refractivity contribution in [1.29, 1.82) is 0 Å². The Hall–Kier alpha value is -1.10. The van der Waals surface area contributed by atoms with E-state index < -0.39 is 6.10 Å². The van der Waals surface area contributed by atoms with Crippen molar-refractivity contribution >= 4 is 0 Å². The molecule has 1 saturated heterocycles. The fourth-order valence-electron chi connectivity index (χ4n) is 3.25. The number of aliphatic hydroxyl groups is 2. The largest absolute Gasteiger partial charge is 0.491 e. The van der Waals surface area contributed by atoms with Crippen LogP contribution in [0.25, 0.3) is 0 Å². The van der Waals surface area contributed by atoms with Crippen LogP contribution in [-0.2, 0) is 5.41 Å². The number of benzene rings is 1. The van der Waals surface area contributed by atoms with Gasteiger partial charge in [0.15, 0.2) is 0 Å². The number of ether oxygens (including phenoxy) is 1. The molecule has 2 N–H and O–H groups in total. The molecule has 4 heteroatoms. The molecule has 136 valence electrons. The summed E-state index contributed by atoms with van der Waals surface area (Å²) in [4.78, 5) is 2.23. The molecule has 0 saturated carbocycles. The van der Waals surface area contributed by atoms with Crippen LogP contribution in [0, 0.1) is 5.92 Å². The molecule has 1 aliphatic heterocycles. The summed E-state index contributed by atoms with van der Waals surface area (Å²) >= 11 is 0. The molecule has 1 aliphatic rings. The van der Waals surface area contributed by atoms with Crippen molar-refractivity contribution < 1.29 is 14.9 Å². The van der Waals surface area contributed by atoms with Crippen LogP contribution >= 0.6 is 0 Å². The van der Waals surface area contributed by atoms with Crippen LogP contribution in [0.2, 0.25) is 0 Å². The van der Waals surface area contributed by atoms with Crippen molar-refractivity contribution in [3.63, 3.8) is 0 Å². The molecule has 3 unspecified atom stereocenters. The second kappa shape index (κ2) is 8.32. The van der Waals surface area contributed by atoms with Crippen molar-refractivity contribution in [3.8, 4) is 5.75 Å². The van der Waals surface area contributed by atoms with Crippen molar-refractivity contribution in [2.75, 3.05) is 26.2 Å². The Kier molecular flexibility index (Phi) is 6.67. The molecule has 0 aliphatic carbocycles. The second-order valence-electron chi connectivity index (χ2n) is 8.14. The maximum atomic E-state index is 10.2. The van der Waals surface area contributed by atoms with E-state index in [1.165, 1.54) is 5.56 Å². The molecule has 1 heterocycles. The minimum absolute atomic E-state index is 0.132. The number of hydrogen-bond donors (Lipinski definition) is 2. The summed E-state index contributed by atoms with van der Waals surface area (Å²) in [5.74, 6) is 1.11. The Balaban J connectivity index is 1.77. The number of piperidine rings is 1. The van der Waals surface area contributed by atoms with Gasteiger partial charge >= 0.3 is 0 Å². The fourth-order valence-corrected chi connectivity index (χ4v) is 3.25. The minimum Gasteiger partial charge on any atom is -0.491 e. The van der Waals surface area contributed by atoms with E-state index in [2.05, 4.69) is 37.8 Å². The first-order valence-corrected chi connectivity index (χ1v) is 9.07. The highest BCUT2D eigenvalue weighted by molar-refractivity contribution is 5.31. The molecule has 0 bridgehead atoms. The van der Waals surface area contributed by atoms with Crippen LogP contribution in [0.1, 0.15) is 46.1 Å². The predicted octanol–water partition coefficient (Wildman–Crippen LogP) is 2.82. The molecule has 0 aromatic heterocycles. The summed E-state index contributed by atoms with van der Waals surface area (Å²) in [6, 6.07) is 8.11. The summed E-state index contributed by atoms with van der Waals surface area (Å²) < 4.78 is 5.73. The van der Waals surface area contributed by atoms with Crippen molar-refractivity contribution in [2.24, 2.45) is 5.92 Å². The van der Waals surface area contributed by atoms with Gasteiger partial charge in [-0.3, -0.25) is 0 Å². The van der Waals surface area contributed by atoms with Gasteiger partial charge in [-0.1, -0.05) is 32.9 Å². The van der Waals surface area contributed by atoms with E-state index in [0.717, 1.165) is 31.7 Å². The van der Waals surface area contributed by atoms with Gasteiger partial charge in [0.1, 0.15) is 18.5 Å². The Labute approximate surface area is 146 Å². The number of aliphatic hydroxyl groups excluding tert-OH is 2. The molecular weight excluding hydrogens is 302 g/mol. The van der Waals surface area contributed by atoms with Gasteiger partial charge in [0.25, 0.3) is 0 Å².